The van der Waals surface area contributed by atoms with Crippen molar-refractivity contribution >= 4 is 26.5 Å². The van der Waals surface area contributed by atoms with Crippen LogP contribution in [0.4, 0.5) is 26.3 Å². The lowest BCUT2D eigenvalue weighted by Gasteiger charge is -2.19. The first kappa shape index (κ1) is 32.5. The van der Waals surface area contributed by atoms with Crippen LogP contribution >= 0.6 is 0 Å². The van der Waals surface area contributed by atoms with Crippen molar-refractivity contribution in [1.82, 2.24) is 0 Å². The van der Waals surface area contributed by atoms with E-state index in [0.717, 1.165) is 17.9 Å². The van der Waals surface area contributed by atoms with Crippen molar-refractivity contribution in [3.8, 4) is 0 Å². The van der Waals surface area contributed by atoms with Gasteiger partial charge in [-0.2, -0.15) is 26.3 Å². The third-order valence-corrected chi connectivity index (χ3v) is 5.32. The van der Waals surface area contributed by atoms with Gasteiger partial charge in [-0.1, -0.05) is 99.9 Å². The van der Waals surface area contributed by atoms with Gasteiger partial charge in [0.15, 0.2) is 14.2 Å². The van der Waals surface area contributed by atoms with Crippen LogP contribution in [-0.4, -0.2) is 37.5 Å². The molecule has 2 aromatic carbocycles. The lowest BCUT2D eigenvalue weighted by molar-refractivity contribution is -0.187. The lowest BCUT2D eigenvalue weighted by atomic mass is 10.2. The van der Waals surface area contributed by atoms with E-state index in [-0.39, 0.29) is 7.43 Å². The number of carbonyl (C=O) groups is 1. The molecular weight excluding hydrogens is 462 g/mol. The number of aliphatic hydroxyl groups is 1. The smallest absolute Gasteiger partial charge is 0.380 e. The zero-order valence-corrected chi connectivity index (χ0v) is 18.9. The van der Waals surface area contributed by atoms with E-state index >= 15 is 0 Å². The number of hydrogen-bond donors (Lipinski definition) is 1. The lowest BCUT2D eigenvalue weighted by Crippen LogP contribution is -2.40. The Hall–Kier alpha value is -2.65. The third-order valence-electron chi connectivity index (χ3n) is 3.62. The largest absolute Gasteiger partial charge is 0.417 e. The Labute approximate surface area is 192 Å². The zero-order chi connectivity index (χ0) is 24.8. The van der Waals surface area contributed by atoms with Crippen LogP contribution in [0.2, 0.25) is 19.6 Å². The maximum absolute atomic E-state index is 11.9. The molecule has 0 bridgehead atoms. The summed E-state index contributed by atoms with van der Waals surface area (Å²) in [5, 5.41) is 8.64. The number of alkyl halides is 6. The predicted octanol–water partition coefficient (Wildman–Crippen LogP) is 7.58. The van der Waals surface area contributed by atoms with Crippen molar-refractivity contribution in [2.75, 3.05) is 0 Å². The molecule has 2 nitrogen and oxygen atoms in total. The minimum atomic E-state index is -4.59. The van der Waals surface area contributed by atoms with Gasteiger partial charge in [-0.05, 0) is 23.3 Å². The number of aliphatic hydroxyl groups excluding tert-OH is 1. The van der Waals surface area contributed by atoms with Crippen LogP contribution in [0.25, 0.3) is 12.2 Å². The molecule has 2 aromatic rings. The average molecular weight is 493 g/mol. The molecule has 2 rings (SSSR count). The number of halogens is 6. The molecule has 1 atom stereocenters. The monoisotopic (exact) mass is 492 g/mol. The summed E-state index contributed by atoms with van der Waals surface area (Å²) in [7, 11) is -2.86. The van der Waals surface area contributed by atoms with Crippen LogP contribution in [0.5, 0.6) is 0 Å². The van der Waals surface area contributed by atoms with Crippen LogP contribution in [-0.2, 0) is 4.79 Å². The van der Waals surface area contributed by atoms with Crippen LogP contribution < -0.4 is 0 Å². The highest BCUT2D eigenvalue weighted by Crippen LogP contribution is 2.27. The molecule has 0 fully saturated rings. The summed E-state index contributed by atoms with van der Waals surface area (Å²) in [5.41, 5.74) is 1.67. The van der Waals surface area contributed by atoms with Gasteiger partial charge in [-0.15, -0.1) is 0 Å². The van der Waals surface area contributed by atoms with E-state index in [1.807, 2.05) is 30.3 Å². The minimum Gasteiger partial charge on any atom is -0.380 e. The SMILES string of the molecule is C.C[Si](C)(C)C(F)(F)F.O=C/C=C/c1ccccc1.OC(/C=C/c1ccccc1)C(F)(F)F. The normalized spacial score (nSPS) is 12.7. The van der Waals surface area contributed by atoms with Crippen molar-refractivity contribution in [1.29, 1.82) is 0 Å². The first-order chi connectivity index (χ1) is 14.7. The van der Waals surface area contributed by atoms with E-state index in [1.165, 1.54) is 31.8 Å². The summed E-state index contributed by atoms with van der Waals surface area (Å²) < 4.78 is 70.4. The maximum atomic E-state index is 11.9. The topological polar surface area (TPSA) is 37.3 Å². The van der Waals surface area contributed by atoms with Crippen LogP contribution in [0.1, 0.15) is 18.6 Å². The van der Waals surface area contributed by atoms with Gasteiger partial charge >= 0.3 is 12.0 Å². The molecule has 0 amide bonds. The fourth-order valence-corrected chi connectivity index (χ4v) is 1.59. The molecule has 0 aliphatic carbocycles. The Morgan fingerprint density at radius 2 is 1.15 bits per heavy atom. The number of carbonyl (C=O) groups excluding carboxylic acids is 1. The van der Waals surface area contributed by atoms with E-state index in [0.29, 0.717) is 5.56 Å². The molecule has 0 aliphatic rings. The first-order valence-corrected chi connectivity index (χ1v) is 12.9. The van der Waals surface area contributed by atoms with Crippen molar-refractivity contribution in [2.45, 2.75) is 45.1 Å². The second-order valence-corrected chi connectivity index (χ2v) is 12.5. The zero-order valence-electron chi connectivity index (χ0n) is 17.9. The number of benzene rings is 2. The van der Waals surface area contributed by atoms with Gasteiger partial charge < -0.3 is 5.11 Å². The van der Waals surface area contributed by atoms with Crippen LogP contribution in [0.3, 0.4) is 0 Å². The van der Waals surface area contributed by atoms with Gasteiger partial charge in [0.1, 0.15) is 6.29 Å². The summed E-state index contributed by atoms with van der Waals surface area (Å²) in [6, 6.07) is 18.2. The first-order valence-electron chi connectivity index (χ1n) is 9.40. The van der Waals surface area contributed by atoms with Gasteiger partial charge in [0.25, 0.3) is 0 Å². The van der Waals surface area contributed by atoms with Crippen molar-refractivity contribution in [2.24, 2.45) is 0 Å². The molecule has 0 saturated carbocycles. The molecule has 33 heavy (non-hydrogen) atoms. The average Bonchev–Trinajstić information content (AvgIpc) is 2.71. The predicted molar refractivity (Wildman–Crippen MR) is 125 cm³/mol. The van der Waals surface area contributed by atoms with Crippen LogP contribution in [0.15, 0.2) is 72.8 Å². The number of hydrogen-bond acceptors (Lipinski definition) is 2. The van der Waals surface area contributed by atoms with E-state index in [1.54, 1.807) is 36.4 Å². The van der Waals surface area contributed by atoms with Gasteiger partial charge in [0.05, 0.1) is 0 Å². The molecular formula is C24H30F6O2Si. The van der Waals surface area contributed by atoms with Crippen molar-refractivity contribution in [3.05, 3.63) is 83.9 Å². The molecule has 0 saturated heterocycles. The van der Waals surface area contributed by atoms with E-state index in [2.05, 4.69) is 0 Å². The van der Waals surface area contributed by atoms with Gasteiger partial charge in [-0.3, -0.25) is 4.79 Å². The summed E-state index contributed by atoms with van der Waals surface area (Å²) in [5.74, 6) is -3.92. The molecule has 0 radical (unpaired) electrons. The molecule has 0 spiro atoms. The number of aldehydes is 1. The van der Waals surface area contributed by atoms with E-state index < -0.39 is 26.2 Å². The Balaban J connectivity index is 0. The van der Waals surface area contributed by atoms with Crippen molar-refractivity contribution < 1.29 is 36.2 Å². The highest BCUT2D eigenvalue weighted by molar-refractivity contribution is 6.77. The molecule has 1 unspecified atom stereocenters. The Morgan fingerprint density at radius 1 is 0.788 bits per heavy atom. The summed E-state index contributed by atoms with van der Waals surface area (Å²) >= 11 is 0. The summed E-state index contributed by atoms with van der Waals surface area (Å²) in [6.45, 7) is 3.85. The quantitative estimate of drug-likeness (QED) is 0.207. The molecule has 9 heteroatoms. The fourth-order valence-electron chi connectivity index (χ4n) is 1.59. The third kappa shape index (κ3) is 15.7. The Kier molecular flexibility index (Phi) is 15.0. The van der Waals surface area contributed by atoms with Crippen LogP contribution in [0, 0.1) is 0 Å². The summed E-state index contributed by atoms with van der Waals surface area (Å²) in [6.07, 6.45) is -1.02. The Bertz CT molecular complexity index is 812. The second kappa shape index (κ2) is 15.2. The molecule has 184 valence electrons. The van der Waals surface area contributed by atoms with Gasteiger partial charge in [0, 0.05) is 0 Å². The number of rotatable bonds is 4. The molecule has 0 aliphatic heterocycles. The highest BCUT2D eigenvalue weighted by Gasteiger charge is 2.45. The maximum Gasteiger partial charge on any atom is 0.417 e. The highest BCUT2D eigenvalue weighted by atomic mass is 28.3. The Morgan fingerprint density at radius 3 is 1.45 bits per heavy atom. The van der Waals surface area contributed by atoms with E-state index in [4.69, 9.17) is 5.11 Å². The molecule has 1 N–H and O–H groups in total. The molecule has 0 aromatic heterocycles. The standard InChI is InChI=1S/C10H9F3O.C9H8O.C4H9F3Si.CH4/c11-10(12,13)9(14)7-6-8-4-2-1-3-5-8;10-8-4-7-9-5-2-1-3-6-9;1-8(2,3)4(5,6)7;/h1-7,9,14H;1-8H;1-3H3;1H4/b7-6+;7-4+;;. The second-order valence-electron chi connectivity index (χ2n) is 7.41. The summed E-state index contributed by atoms with van der Waals surface area (Å²) in [4.78, 5) is 9.89. The van der Waals surface area contributed by atoms with Gasteiger partial charge in [0.2, 0.25) is 0 Å². The fraction of sp³-hybridized carbons (Fsp3) is 0.292. The number of allylic oxidation sites excluding steroid dienone is 1. The minimum absolute atomic E-state index is 0. The van der Waals surface area contributed by atoms with Gasteiger partial charge in [-0.25, -0.2) is 0 Å². The van der Waals surface area contributed by atoms with Crippen molar-refractivity contribution in [3.63, 3.8) is 0 Å². The molecule has 0 heterocycles. The van der Waals surface area contributed by atoms with E-state index in [9.17, 15) is 31.1 Å².